The van der Waals surface area contributed by atoms with Crippen LogP contribution in [0.4, 0.5) is 26.3 Å². The number of hydrogen-bond acceptors (Lipinski definition) is 1. The highest BCUT2D eigenvalue weighted by Crippen LogP contribution is 2.33. The first-order valence-corrected chi connectivity index (χ1v) is 6.91. The third kappa shape index (κ3) is 3.39. The molecule has 0 spiro atoms. The zero-order chi connectivity index (χ0) is 17.9. The predicted octanol–water partition coefficient (Wildman–Crippen LogP) is 5.59. The minimum atomic E-state index is -1.50. The van der Waals surface area contributed by atoms with E-state index in [-0.39, 0.29) is 12.4 Å². The van der Waals surface area contributed by atoms with Crippen molar-refractivity contribution in [3.63, 3.8) is 0 Å². The quantitative estimate of drug-likeness (QED) is 0.642. The minimum absolute atomic E-state index is 0.0971. The molecular formula is C17H12F6O. The molecule has 2 rings (SSSR count). The molecule has 0 saturated carbocycles. The second-order valence-electron chi connectivity index (χ2n) is 4.73. The van der Waals surface area contributed by atoms with Crippen LogP contribution in [-0.4, -0.2) is 13.3 Å². The molecule has 0 aliphatic heterocycles. The molecule has 0 amide bonds. The summed E-state index contributed by atoms with van der Waals surface area (Å²) in [5.41, 5.74) is -1.61. The van der Waals surface area contributed by atoms with E-state index >= 15 is 0 Å². The number of benzene rings is 2. The van der Waals surface area contributed by atoms with Crippen molar-refractivity contribution in [2.24, 2.45) is 0 Å². The molecule has 7 heteroatoms. The van der Waals surface area contributed by atoms with Gasteiger partial charge in [0.1, 0.15) is 12.5 Å². The molecule has 0 aliphatic rings. The normalized spacial score (nSPS) is 11.7. The fourth-order valence-corrected chi connectivity index (χ4v) is 2.10. The van der Waals surface area contributed by atoms with Crippen molar-refractivity contribution in [1.29, 1.82) is 0 Å². The van der Waals surface area contributed by atoms with E-state index in [1.54, 1.807) is 6.92 Å². The average molecular weight is 346 g/mol. The number of ether oxygens (including phenoxy) is 1. The Hall–Kier alpha value is -2.44. The van der Waals surface area contributed by atoms with Crippen LogP contribution in [0.15, 0.2) is 30.1 Å². The van der Waals surface area contributed by atoms with Gasteiger partial charge in [0.05, 0.1) is 6.61 Å². The molecule has 0 atom stereocenters. The maximum atomic E-state index is 14.1. The lowest BCUT2D eigenvalue weighted by atomic mass is 10.0. The van der Waals surface area contributed by atoms with Crippen LogP contribution in [0.3, 0.4) is 0 Å². The molecular weight excluding hydrogens is 334 g/mol. The first-order valence-electron chi connectivity index (χ1n) is 6.91. The number of rotatable bonds is 5. The van der Waals surface area contributed by atoms with Crippen LogP contribution in [0, 0.1) is 23.3 Å². The molecule has 0 heterocycles. The van der Waals surface area contributed by atoms with Gasteiger partial charge in [-0.25, -0.2) is 22.0 Å². The second kappa shape index (κ2) is 7.42. The summed E-state index contributed by atoms with van der Waals surface area (Å²) >= 11 is 0. The Bertz CT molecular complexity index is 785. The van der Waals surface area contributed by atoms with Crippen LogP contribution in [-0.2, 0) is 0 Å². The highest BCUT2D eigenvalue weighted by molar-refractivity contribution is 5.68. The molecule has 0 unspecified atom stereocenters. The van der Waals surface area contributed by atoms with Crippen molar-refractivity contribution in [3.8, 4) is 16.9 Å². The van der Waals surface area contributed by atoms with Gasteiger partial charge in [-0.3, -0.25) is 0 Å². The van der Waals surface area contributed by atoms with Crippen LogP contribution in [0.25, 0.3) is 17.2 Å². The topological polar surface area (TPSA) is 9.23 Å². The van der Waals surface area contributed by atoms with Crippen molar-refractivity contribution in [2.75, 3.05) is 13.3 Å². The van der Waals surface area contributed by atoms with Gasteiger partial charge in [0.25, 0.3) is 0 Å². The van der Waals surface area contributed by atoms with E-state index in [1.807, 2.05) is 0 Å². The number of hydrogen-bond donors (Lipinski definition) is 0. The maximum Gasteiger partial charge on any atom is 0.201 e. The van der Waals surface area contributed by atoms with Gasteiger partial charge in [-0.2, -0.15) is 4.39 Å². The molecule has 1 nitrogen and oxygen atoms in total. The number of alkyl halides is 1. The van der Waals surface area contributed by atoms with Crippen molar-refractivity contribution in [2.45, 2.75) is 6.92 Å². The smallest absolute Gasteiger partial charge is 0.201 e. The molecule has 2 aromatic carbocycles. The summed E-state index contributed by atoms with van der Waals surface area (Å²) < 4.78 is 85.8. The van der Waals surface area contributed by atoms with Gasteiger partial charge in [-0.05, 0) is 25.1 Å². The standard InChI is InChI=1S/C17H12F6O/c1-2-24-13-6-5-12(16(22)17(13)23)11-4-3-9(7-10(19)8-18)14(20)15(11)21/h3-7H,2,8H2,1H3/b10-7-. The van der Waals surface area contributed by atoms with Gasteiger partial charge in [0.15, 0.2) is 23.2 Å². The Balaban J connectivity index is 2.55. The lowest BCUT2D eigenvalue weighted by molar-refractivity contribution is 0.314. The van der Waals surface area contributed by atoms with Crippen LogP contribution in [0.5, 0.6) is 5.75 Å². The van der Waals surface area contributed by atoms with E-state index in [1.165, 1.54) is 0 Å². The van der Waals surface area contributed by atoms with Crippen LogP contribution >= 0.6 is 0 Å². The summed E-state index contributed by atoms with van der Waals surface area (Å²) in [6.07, 6.45) is 0.483. The monoisotopic (exact) mass is 346 g/mol. The molecule has 2 aromatic rings. The van der Waals surface area contributed by atoms with E-state index < -0.39 is 52.5 Å². The van der Waals surface area contributed by atoms with Crippen molar-refractivity contribution in [3.05, 3.63) is 58.9 Å². The first kappa shape index (κ1) is 17.9. The van der Waals surface area contributed by atoms with Gasteiger partial charge in [0.2, 0.25) is 5.82 Å². The molecule has 0 bridgehead atoms. The summed E-state index contributed by atoms with van der Waals surface area (Å²) in [6.45, 7) is 0.199. The lowest BCUT2D eigenvalue weighted by Gasteiger charge is -2.11. The van der Waals surface area contributed by atoms with Gasteiger partial charge in [-0.15, -0.1) is 0 Å². The van der Waals surface area contributed by atoms with E-state index in [9.17, 15) is 26.3 Å². The Morgan fingerprint density at radius 3 is 2.08 bits per heavy atom. The molecule has 0 radical (unpaired) electrons. The molecule has 0 aromatic heterocycles. The Kier molecular flexibility index (Phi) is 5.54. The van der Waals surface area contributed by atoms with Crippen molar-refractivity contribution >= 4 is 6.08 Å². The molecule has 0 N–H and O–H groups in total. The number of halogens is 6. The van der Waals surface area contributed by atoms with Crippen LogP contribution < -0.4 is 4.74 Å². The Morgan fingerprint density at radius 1 is 0.917 bits per heavy atom. The van der Waals surface area contributed by atoms with Crippen LogP contribution in [0.1, 0.15) is 12.5 Å². The SMILES string of the molecule is CCOc1ccc(-c2ccc(/C=C(\F)CF)c(F)c2F)c(F)c1F. The predicted molar refractivity (Wildman–Crippen MR) is 77.9 cm³/mol. The zero-order valence-corrected chi connectivity index (χ0v) is 12.5. The summed E-state index contributed by atoms with van der Waals surface area (Å²) in [5.74, 6) is -7.38. The molecule has 0 fully saturated rings. The summed E-state index contributed by atoms with van der Waals surface area (Å²) in [4.78, 5) is 0. The van der Waals surface area contributed by atoms with E-state index in [0.717, 1.165) is 24.3 Å². The fraction of sp³-hybridized carbons (Fsp3) is 0.176. The average Bonchev–Trinajstić information content (AvgIpc) is 2.57. The largest absolute Gasteiger partial charge is 0.491 e. The van der Waals surface area contributed by atoms with E-state index in [2.05, 4.69) is 0 Å². The summed E-state index contributed by atoms with van der Waals surface area (Å²) in [6, 6.07) is 4.02. The van der Waals surface area contributed by atoms with Gasteiger partial charge in [0, 0.05) is 16.7 Å². The Morgan fingerprint density at radius 2 is 1.50 bits per heavy atom. The molecule has 128 valence electrons. The van der Waals surface area contributed by atoms with Crippen LogP contribution in [0.2, 0.25) is 0 Å². The lowest BCUT2D eigenvalue weighted by Crippen LogP contribution is -2.00. The second-order valence-corrected chi connectivity index (χ2v) is 4.73. The minimum Gasteiger partial charge on any atom is -0.491 e. The van der Waals surface area contributed by atoms with Crippen molar-refractivity contribution in [1.82, 2.24) is 0 Å². The summed E-state index contributed by atoms with van der Waals surface area (Å²) in [5, 5.41) is 0. The maximum absolute atomic E-state index is 14.1. The first-order chi connectivity index (χ1) is 11.4. The van der Waals surface area contributed by atoms with Gasteiger partial charge >= 0.3 is 0 Å². The van der Waals surface area contributed by atoms with Gasteiger partial charge < -0.3 is 4.74 Å². The van der Waals surface area contributed by atoms with Crippen molar-refractivity contribution < 1.29 is 31.1 Å². The molecule has 24 heavy (non-hydrogen) atoms. The van der Waals surface area contributed by atoms with Gasteiger partial charge in [-0.1, -0.05) is 12.1 Å². The summed E-state index contributed by atoms with van der Waals surface area (Å²) in [7, 11) is 0. The Labute approximate surface area is 134 Å². The molecule has 0 aliphatic carbocycles. The third-order valence-electron chi connectivity index (χ3n) is 3.19. The fourth-order valence-electron chi connectivity index (χ4n) is 2.10. The highest BCUT2D eigenvalue weighted by Gasteiger charge is 2.21. The number of allylic oxidation sites excluding steroid dienone is 1. The third-order valence-corrected chi connectivity index (χ3v) is 3.19. The highest BCUT2D eigenvalue weighted by atomic mass is 19.2. The zero-order valence-electron chi connectivity index (χ0n) is 12.5. The van der Waals surface area contributed by atoms with E-state index in [0.29, 0.717) is 6.08 Å². The molecule has 0 saturated heterocycles. The van der Waals surface area contributed by atoms with E-state index in [4.69, 9.17) is 4.74 Å².